The van der Waals surface area contributed by atoms with E-state index in [-0.39, 0.29) is 5.78 Å². The van der Waals surface area contributed by atoms with E-state index in [1.54, 1.807) is 18.4 Å². The van der Waals surface area contributed by atoms with Gasteiger partial charge >= 0.3 is 5.69 Å². The van der Waals surface area contributed by atoms with Crippen LogP contribution in [0.3, 0.4) is 0 Å². The van der Waals surface area contributed by atoms with Crippen LogP contribution in [0, 0.1) is 13.8 Å². The molecule has 0 saturated heterocycles. The Hall–Kier alpha value is -2.64. The molecule has 0 aliphatic carbocycles. The largest absolute Gasteiger partial charge is 0.333 e. The fraction of sp³-hybridized carbons (Fsp3) is 0.500. The van der Waals surface area contributed by atoms with Gasteiger partial charge in [-0.15, -0.1) is 0 Å². The van der Waals surface area contributed by atoms with Crippen LogP contribution in [0.4, 0.5) is 0 Å². The molecule has 3 rings (SSSR count). The van der Waals surface area contributed by atoms with Crippen LogP contribution in [0.1, 0.15) is 38.2 Å². The summed E-state index contributed by atoms with van der Waals surface area (Å²) < 4.78 is 6.12. The first kappa shape index (κ1) is 16.2. The summed E-state index contributed by atoms with van der Waals surface area (Å²) in [4.78, 5) is 41.8. The summed E-state index contributed by atoms with van der Waals surface area (Å²) in [5.74, 6) is 0.385. The van der Waals surface area contributed by atoms with E-state index in [2.05, 4.69) is 4.98 Å². The molecule has 0 N–H and O–H groups in total. The summed E-state index contributed by atoms with van der Waals surface area (Å²) in [5, 5.41) is 0. The van der Waals surface area contributed by atoms with Crippen molar-refractivity contribution in [3.8, 4) is 0 Å². The third-order valence-corrected chi connectivity index (χ3v) is 4.87. The Labute approximate surface area is 137 Å². The molecule has 0 aliphatic heterocycles. The number of fused-ring (bicyclic) bond motifs is 3. The molecular weight excluding hydrogens is 310 g/mol. The zero-order chi connectivity index (χ0) is 17.9. The van der Waals surface area contributed by atoms with Crippen LogP contribution >= 0.6 is 0 Å². The molecule has 0 radical (unpaired) electrons. The number of ketones is 1. The molecule has 0 spiro atoms. The van der Waals surface area contributed by atoms with Gasteiger partial charge in [0.15, 0.2) is 16.9 Å². The third kappa shape index (κ3) is 1.85. The lowest BCUT2D eigenvalue weighted by Gasteiger charge is -2.12. The molecule has 3 heterocycles. The predicted octanol–water partition coefficient (Wildman–Crippen LogP) is 0.936. The van der Waals surface area contributed by atoms with Gasteiger partial charge in [-0.3, -0.25) is 18.6 Å². The Bertz CT molecular complexity index is 1110. The highest BCUT2D eigenvalue weighted by molar-refractivity contribution is 5.81. The summed E-state index contributed by atoms with van der Waals surface area (Å²) in [5.41, 5.74) is 1.55. The van der Waals surface area contributed by atoms with Gasteiger partial charge in [-0.05, 0) is 34.6 Å². The Balaban J connectivity index is 2.62. The van der Waals surface area contributed by atoms with E-state index < -0.39 is 17.3 Å². The zero-order valence-corrected chi connectivity index (χ0v) is 14.7. The second kappa shape index (κ2) is 5.19. The van der Waals surface area contributed by atoms with Crippen molar-refractivity contribution in [3.05, 3.63) is 32.2 Å². The third-order valence-electron chi connectivity index (χ3n) is 4.87. The lowest BCUT2D eigenvalue weighted by atomic mass is 10.2. The number of carbonyl (C=O) groups excluding carboxylic acids is 1. The number of Topliss-reactive ketones (excluding diaryl/α,β-unsaturated/α-hetero) is 1. The summed E-state index contributed by atoms with van der Waals surface area (Å²) in [6, 6.07) is -0.819. The topological polar surface area (TPSA) is 83.3 Å². The fourth-order valence-electron chi connectivity index (χ4n) is 3.18. The van der Waals surface area contributed by atoms with Crippen LogP contribution in [0.5, 0.6) is 0 Å². The highest BCUT2D eigenvalue weighted by Gasteiger charge is 2.24. The molecule has 8 nitrogen and oxygen atoms in total. The summed E-state index contributed by atoms with van der Waals surface area (Å²) in [7, 11) is 1.57. The number of nitrogens with zero attached hydrogens (tertiary/aromatic N) is 5. The van der Waals surface area contributed by atoms with E-state index in [0.29, 0.717) is 23.5 Å². The van der Waals surface area contributed by atoms with Crippen LogP contribution in [0.25, 0.3) is 16.9 Å². The Morgan fingerprint density at radius 2 is 1.83 bits per heavy atom. The number of rotatable bonds is 3. The van der Waals surface area contributed by atoms with Gasteiger partial charge in [0.2, 0.25) is 5.78 Å². The molecule has 0 unspecified atom stereocenters. The van der Waals surface area contributed by atoms with Crippen molar-refractivity contribution in [1.29, 1.82) is 0 Å². The highest BCUT2D eigenvalue weighted by atomic mass is 16.2. The van der Waals surface area contributed by atoms with Gasteiger partial charge in [-0.1, -0.05) is 0 Å². The highest BCUT2D eigenvalue weighted by Crippen LogP contribution is 2.20. The SMILES string of the molecule is CCn1c(C)c(C)n2c3c(=O)n([C@H](C)C(C)=O)c(=O)n(C)c3nc12. The van der Waals surface area contributed by atoms with Crippen LogP contribution in [0.15, 0.2) is 9.59 Å². The summed E-state index contributed by atoms with van der Waals surface area (Å²) in [6.07, 6.45) is 0. The Kier molecular flexibility index (Phi) is 3.51. The van der Waals surface area contributed by atoms with Gasteiger partial charge in [0.05, 0.1) is 6.04 Å². The molecule has 0 bridgehead atoms. The van der Waals surface area contributed by atoms with E-state index in [4.69, 9.17) is 0 Å². The van der Waals surface area contributed by atoms with Crippen molar-refractivity contribution in [1.82, 2.24) is 23.1 Å². The normalized spacial score (nSPS) is 13.1. The minimum absolute atomic E-state index is 0.242. The molecule has 3 aromatic heterocycles. The number of imidazole rings is 2. The van der Waals surface area contributed by atoms with Crippen molar-refractivity contribution < 1.29 is 4.79 Å². The maximum Gasteiger partial charge on any atom is 0.333 e. The molecule has 24 heavy (non-hydrogen) atoms. The number of aryl methyl sites for hydroxylation is 3. The van der Waals surface area contributed by atoms with Gasteiger partial charge in [-0.25, -0.2) is 9.36 Å². The van der Waals surface area contributed by atoms with Crippen LogP contribution in [0.2, 0.25) is 0 Å². The Morgan fingerprint density at radius 3 is 2.38 bits per heavy atom. The minimum Gasteiger partial charge on any atom is -0.314 e. The first-order valence-corrected chi connectivity index (χ1v) is 7.92. The first-order valence-electron chi connectivity index (χ1n) is 7.92. The van der Waals surface area contributed by atoms with E-state index in [9.17, 15) is 14.4 Å². The van der Waals surface area contributed by atoms with Crippen LogP contribution in [-0.2, 0) is 18.4 Å². The first-order chi connectivity index (χ1) is 11.2. The molecule has 0 aliphatic rings. The van der Waals surface area contributed by atoms with Crippen molar-refractivity contribution in [3.63, 3.8) is 0 Å². The summed E-state index contributed by atoms with van der Waals surface area (Å²) in [6.45, 7) is 9.52. The standard InChI is InChI=1S/C16H21N5O3/c1-7-19-8(2)9(3)20-12-13(17-15(19)20)18(6)16(24)21(14(12)23)10(4)11(5)22/h10H,7H2,1-6H3/t10-/m1/s1. The van der Waals surface area contributed by atoms with Crippen molar-refractivity contribution >= 4 is 22.7 Å². The molecular formula is C16H21N5O3. The summed E-state index contributed by atoms with van der Waals surface area (Å²) >= 11 is 0. The zero-order valence-electron chi connectivity index (χ0n) is 14.7. The monoisotopic (exact) mass is 331 g/mol. The van der Waals surface area contributed by atoms with Gasteiger partial charge in [0, 0.05) is 25.0 Å². The molecule has 1 atom stereocenters. The molecule has 0 fully saturated rings. The van der Waals surface area contributed by atoms with E-state index in [1.165, 1.54) is 11.5 Å². The smallest absolute Gasteiger partial charge is 0.314 e. The van der Waals surface area contributed by atoms with Gasteiger partial charge in [0.25, 0.3) is 5.56 Å². The molecule has 128 valence electrons. The lowest BCUT2D eigenvalue weighted by molar-refractivity contribution is -0.119. The van der Waals surface area contributed by atoms with E-state index in [1.807, 2.05) is 25.3 Å². The molecule has 3 aromatic rings. The molecule has 8 heteroatoms. The van der Waals surface area contributed by atoms with Crippen molar-refractivity contribution in [2.45, 2.75) is 47.2 Å². The molecule has 0 saturated carbocycles. The number of hydrogen-bond donors (Lipinski definition) is 0. The molecule has 0 amide bonds. The number of hydrogen-bond acceptors (Lipinski definition) is 4. The maximum atomic E-state index is 13.0. The predicted molar refractivity (Wildman–Crippen MR) is 90.7 cm³/mol. The number of carbonyl (C=O) groups is 1. The lowest BCUT2D eigenvalue weighted by Crippen LogP contribution is -2.42. The second-order valence-electron chi connectivity index (χ2n) is 6.14. The average molecular weight is 331 g/mol. The number of aromatic nitrogens is 5. The van der Waals surface area contributed by atoms with Gasteiger partial charge in [0.1, 0.15) is 0 Å². The Morgan fingerprint density at radius 1 is 1.21 bits per heavy atom. The average Bonchev–Trinajstić information content (AvgIpc) is 3.02. The van der Waals surface area contributed by atoms with Crippen molar-refractivity contribution in [2.24, 2.45) is 7.05 Å². The van der Waals surface area contributed by atoms with E-state index >= 15 is 0 Å². The van der Waals surface area contributed by atoms with Gasteiger partial charge < -0.3 is 4.57 Å². The maximum absolute atomic E-state index is 13.0. The fourth-order valence-corrected chi connectivity index (χ4v) is 3.18. The van der Waals surface area contributed by atoms with Crippen molar-refractivity contribution in [2.75, 3.05) is 0 Å². The molecule has 0 aromatic carbocycles. The van der Waals surface area contributed by atoms with Crippen LogP contribution < -0.4 is 11.2 Å². The van der Waals surface area contributed by atoms with Gasteiger partial charge in [-0.2, -0.15) is 4.98 Å². The minimum atomic E-state index is -0.819. The van der Waals surface area contributed by atoms with Crippen LogP contribution in [-0.4, -0.2) is 28.9 Å². The van der Waals surface area contributed by atoms with E-state index in [0.717, 1.165) is 16.0 Å². The second-order valence-corrected chi connectivity index (χ2v) is 6.14. The quantitative estimate of drug-likeness (QED) is 0.715.